The molecule has 0 atom stereocenters. The predicted octanol–water partition coefficient (Wildman–Crippen LogP) is 3.85. The number of nitrogens with zero attached hydrogens (tertiary/aromatic N) is 1. The van der Waals surface area contributed by atoms with Crippen LogP contribution >= 0.6 is 0 Å². The number of carbonyl (C=O) groups is 1. The van der Waals surface area contributed by atoms with Crippen molar-refractivity contribution in [2.45, 2.75) is 27.2 Å². The van der Waals surface area contributed by atoms with Gasteiger partial charge in [0.15, 0.2) is 5.78 Å². The van der Waals surface area contributed by atoms with Crippen molar-refractivity contribution in [3.05, 3.63) is 42.1 Å². The number of hydrogen-bond acceptors (Lipinski definition) is 2. The Labute approximate surface area is 96.3 Å². The highest BCUT2D eigenvalue weighted by molar-refractivity contribution is 5.97. The van der Waals surface area contributed by atoms with E-state index in [9.17, 15) is 4.79 Å². The van der Waals surface area contributed by atoms with Crippen LogP contribution in [0.1, 0.15) is 37.6 Å². The van der Waals surface area contributed by atoms with Gasteiger partial charge in [0.05, 0.1) is 5.52 Å². The number of benzene rings is 1. The Morgan fingerprint density at radius 2 is 1.94 bits per heavy atom. The number of pyridine rings is 1. The van der Waals surface area contributed by atoms with Crippen LogP contribution in [0.4, 0.5) is 0 Å². The molecular weight excluding hydrogens is 198 g/mol. The SMILES string of the molecule is CC(=O)c1ccc2cccnc2c1.CCC. The molecule has 0 amide bonds. The molecule has 0 bridgehead atoms. The molecule has 0 aliphatic heterocycles. The van der Waals surface area contributed by atoms with Crippen LogP contribution in [0.15, 0.2) is 36.5 Å². The fraction of sp³-hybridized carbons (Fsp3) is 0.286. The smallest absolute Gasteiger partial charge is 0.159 e. The minimum Gasteiger partial charge on any atom is -0.295 e. The maximum Gasteiger partial charge on any atom is 0.159 e. The summed E-state index contributed by atoms with van der Waals surface area (Å²) in [5, 5.41) is 1.06. The third kappa shape index (κ3) is 3.16. The molecule has 1 aromatic carbocycles. The molecule has 0 radical (unpaired) electrons. The monoisotopic (exact) mass is 215 g/mol. The molecule has 0 saturated heterocycles. The van der Waals surface area contributed by atoms with Gasteiger partial charge in [0.25, 0.3) is 0 Å². The van der Waals surface area contributed by atoms with Gasteiger partial charge in [-0.1, -0.05) is 38.5 Å². The maximum atomic E-state index is 11.1. The van der Waals surface area contributed by atoms with Crippen molar-refractivity contribution in [1.82, 2.24) is 4.98 Å². The zero-order valence-corrected chi connectivity index (χ0v) is 10.0. The molecule has 0 N–H and O–H groups in total. The fourth-order valence-corrected chi connectivity index (χ4v) is 1.29. The van der Waals surface area contributed by atoms with E-state index in [4.69, 9.17) is 0 Å². The van der Waals surface area contributed by atoms with E-state index in [0.717, 1.165) is 10.9 Å². The van der Waals surface area contributed by atoms with Crippen molar-refractivity contribution in [2.24, 2.45) is 0 Å². The normalized spacial score (nSPS) is 9.44. The van der Waals surface area contributed by atoms with Crippen molar-refractivity contribution in [3.8, 4) is 0 Å². The number of hydrogen-bond donors (Lipinski definition) is 0. The highest BCUT2D eigenvalue weighted by atomic mass is 16.1. The van der Waals surface area contributed by atoms with E-state index < -0.39 is 0 Å². The summed E-state index contributed by atoms with van der Waals surface area (Å²) in [4.78, 5) is 15.2. The van der Waals surface area contributed by atoms with E-state index in [1.807, 2.05) is 30.3 Å². The lowest BCUT2D eigenvalue weighted by Gasteiger charge is -1.98. The quantitative estimate of drug-likeness (QED) is 0.676. The second kappa shape index (κ2) is 6.01. The largest absolute Gasteiger partial charge is 0.295 e. The van der Waals surface area contributed by atoms with Gasteiger partial charge in [0, 0.05) is 17.1 Å². The standard InChI is InChI=1S/C11H9NO.C3H8/c1-8(13)10-5-4-9-3-2-6-12-11(9)7-10;1-3-2/h2-7H,1H3;3H2,1-2H3. The molecule has 2 heteroatoms. The molecular formula is C14H17NO. The molecule has 16 heavy (non-hydrogen) atoms. The molecule has 1 heterocycles. The van der Waals surface area contributed by atoms with Crippen LogP contribution in [0.5, 0.6) is 0 Å². The Hall–Kier alpha value is -1.70. The highest BCUT2D eigenvalue weighted by Crippen LogP contribution is 2.13. The number of fused-ring (bicyclic) bond motifs is 1. The highest BCUT2D eigenvalue weighted by Gasteiger charge is 2.00. The summed E-state index contributed by atoms with van der Waals surface area (Å²) in [6, 6.07) is 9.42. The first-order chi connectivity index (χ1) is 7.69. The lowest BCUT2D eigenvalue weighted by Crippen LogP contribution is -1.91. The molecule has 0 spiro atoms. The molecule has 2 aromatic rings. The van der Waals surface area contributed by atoms with Gasteiger partial charge in [-0.05, 0) is 19.1 Å². The molecule has 1 aromatic heterocycles. The first-order valence-electron chi connectivity index (χ1n) is 5.54. The number of carbonyl (C=O) groups excluding carboxylic acids is 1. The summed E-state index contributed by atoms with van der Waals surface area (Å²) >= 11 is 0. The second-order valence-electron chi connectivity index (χ2n) is 3.67. The van der Waals surface area contributed by atoms with E-state index in [1.54, 1.807) is 13.1 Å². The average molecular weight is 215 g/mol. The Bertz CT molecular complexity index is 477. The van der Waals surface area contributed by atoms with E-state index >= 15 is 0 Å². The topological polar surface area (TPSA) is 30.0 Å². The summed E-state index contributed by atoms with van der Waals surface area (Å²) in [5.41, 5.74) is 1.58. The van der Waals surface area contributed by atoms with Crippen molar-refractivity contribution in [3.63, 3.8) is 0 Å². The first-order valence-corrected chi connectivity index (χ1v) is 5.54. The van der Waals surface area contributed by atoms with Gasteiger partial charge in [-0.15, -0.1) is 0 Å². The fourth-order valence-electron chi connectivity index (χ4n) is 1.29. The van der Waals surface area contributed by atoms with E-state index in [1.165, 1.54) is 6.42 Å². The summed E-state index contributed by atoms with van der Waals surface area (Å²) in [6.07, 6.45) is 2.98. The zero-order chi connectivity index (χ0) is 12.0. The Balaban J connectivity index is 0.000000386. The molecule has 0 aliphatic carbocycles. The van der Waals surface area contributed by atoms with Crippen LogP contribution in [-0.4, -0.2) is 10.8 Å². The number of rotatable bonds is 1. The molecule has 2 nitrogen and oxygen atoms in total. The van der Waals surface area contributed by atoms with Crippen molar-refractivity contribution in [2.75, 3.05) is 0 Å². The van der Waals surface area contributed by atoms with Gasteiger partial charge in [-0.3, -0.25) is 9.78 Å². The Kier molecular flexibility index (Phi) is 4.65. The number of Topliss-reactive ketones (excluding diaryl/α,β-unsaturated/α-hetero) is 1. The van der Waals surface area contributed by atoms with E-state index in [2.05, 4.69) is 18.8 Å². The summed E-state index contributed by atoms with van der Waals surface area (Å²) < 4.78 is 0. The van der Waals surface area contributed by atoms with Crippen LogP contribution in [0.3, 0.4) is 0 Å². The minimum atomic E-state index is 0.0764. The predicted molar refractivity (Wildman–Crippen MR) is 67.7 cm³/mol. The van der Waals surface area contributed by atoms with Crippen LogP contribution in [-0.2, 0) is 0 Å². The lowest BCUT2D eigenvalue weighted by molar-refractivity contribution is 0.101. The van der Waals surface area contributed by atoms with Gasteiger partial charge < -0.3 is 0 Å². The lowest BCUT2D eigenvalue weighted by atomic mass is 10.1. The first kappa shape index (κ1) is 12.4. The van der Waals surface area contributed by atoms with Gasteiger partial charge in [0.2, 0.25) is 0 Å². The summed E-state index contributed by atoms with van der Waals surface area (Å²) in [6.45, 7) is 5.81. The van der Waals surface area contributed by atoms with E-state index in [-0.39, 0.29) is 5.78 Å². The van der Waals surface area contributed by atoms with E-state index in [0.29, 0.717) is 5.56 Å². The number of ketones is 1. The summed E-state index contributed by atoms with van der Waals surface area (Å²) in [7, 11) is 0. The Morgan fingerprint density at radius 1 is 1.25 bits per heavy atom. The van der Waals surface area contributed by atoms with Gasteiger partial charge >= 0.3 is 0 Å². The molecule has 2 rings (SSSR count). The average Bonchev–Trinajstić information content (AvgIpc) is 2.29. The molecule has 0 aliphatic rings. The van der Waals surface area contributed by atoms with Crippen LogP contribution in [0.2, 0.25) is 0 Å². The zero-order valence-electron chi connectivity index (χ0n) is 10.0. The van der Waals surface area contributed by atoms with Crippen LogP contribution in [0.25, 0.3) is 10.9 Å². The van der Waals surface area contributed by atoms with Crippen LogP contribution in [0, 0.1) is 0 Å². The molecule has 0 unspecified atom stereocenters. The third-order valence-corrected chi connectivity index (χ3v) is 2.01. The second-order valence-corrected chi connectivity index (χ2v) is 3.67. The van der Waals surface area contributed by atoms with Gasteiger partial charge in [-0.2, -0.15) is 0 Å². The van der Waals surface area contributed by atoms with Gasteiger partial charge in [0.1, 0.15) is 0 Å². The third-order valence-electron chi connectivity index (χ3n) is 2.01. The van der Waals surface area contributed by atoms with Gasteiger partial charge in [-0.25, -0.2) is 0 Å². The minimum absolute atomic E-state index is 0.0764. The maximum absolute atomic E-state index is 11.1. The summed E-state index contributed by atoms with van der Waals surface area (Å²) in [5.74, 6) is 0.0764. The molecule has 0 fully saturated rings. The van der Waals surface area contributed by atoms with Crippen molar-refractivity contribution in [1.29, 1.82) is 0 Å². The number of aromatic nitrogens is 1. The molecule has 0 saturated carbocycles. The van der Waals surface area contributed by atoms with Crippen molar-refractivity contribution < 1.29 is 4.79 Å². The van der Waals surface area contributed by atoms with Crippen molar-refractivity contribution >= 4 is 16.7 Å². The Morgan fingerprint density at radius 3 is 2.56 bits per heavy atom. The molecule has 84 valence electrons. The van der Waals surface area contributed by atoms with Crippen LogP contribution < -0.4 is 0 Å².